The summed E-state index contributed by atoms with van der Waals surface area (Å²) in [7, 11) is 1.87. The van der Waals surface area contributed by atoms with Gasteiger partial charge in [-0.05, 0) is 6.92 Å². The third kappa shape index (κ3) is 3.25. The first kappa shape index (κ1) is 15.9. The third-order valence-corrected chi connectivity index (χ3v) is 4.33. The molecule has 3 heterocycles. The molecular formula is C13H18ClN5OS. The van der Waals surface area contributed by atoms with Gasteiger partial charge >= 0.3 is 0 Å². The van der Waals surface area contributed by atoms with E-state index in [1.165, 1.54) is 11.3 Å². The van der Waals surface area contributed by atoms with Crippen molar-refractivity contribution in [2.24, 2.45) is 7.05 Å². The monoisotopic (exact) mass is 327 g/mol. The maximum absolute atomic E-state index is 12.5. The van der Waals surface area contributed by atoms with Crippen LogP contribution >= 0.6 is 23.7 Å². The lowest BCUT2D eigenvalue weighted by atomic mass is 10.2. The van der Waals surface area contributed by atoms with Gasteiger partial charge < -0.3 is 10.2 Å². The molecule has 6 nitrogen and oxygen atoms in total. The fraction of sp³-hybridized carbons (Fsp3) is 0.462. The Morgan fingerprint density at radius 1 is 1.52 bits per heavy atom. The average Bonchev–Trinajstić information content (AvgIpc) is 3.07. The van der Waals surface area contributed by atoms with Gasteiger partial charge in [0, 0.05) is 49.9 Å². The fourth-order valence-electron chi connectivity index (χ4n) is 2.33. The summed E-state index contributed by atoms with van der Waals surface area (Å²) < 4.78 is 1.73. The van der Waals surface area contributed by atoms with Crippen LogP contribution in [-0.2, 0) is 7.05 Å². The molecular weight excluding hydrogens is 310 g/mol. The molecule has 1 aliphatic rings. The first-order valence-corrected chi connectivity index (χ1v) is 7.49. The molecule has 21 heavy (non-hydrogen) atoms. The molecule has 0 bridgehead atoms. The second-order valence-corrected chi connectivity index (χ2v) is 5.85. The van der Waals surface area contributed by atoms with Crippen LogP contribution in [0.5, 0.6) is 0 Å². The molecule has 2 aromatic rings. The normalized spacial score (nSPS) is 18.4. The third-order valence-electron chi connectivity index (χ3n) is 3.44. The molecule has 0 spiro atoms. The Morgan fingerprint density at radius 3 is 3.00 bits per heavy atom. The van der Waals surface area contributed by atoms with Crippen LogP contribution in [0, 0.1) is 0 Å². The molecule has 0 aliphatic carbocycles. The number of amides is 1. The molecule has 1 atom stereocenters. The number of aromatic nitrogens is 3. The topological polar surface area (TPSA) is 63.1 Å². The van der Waals surface area contributed by atoms with Gasteiger partial charge in [0.15, 0.2) is 0 Å². The van der Waals surface area contributed by atoms with Crippen LogP contribution in [0.25, 0.3) is 10.6 Å². The Kier molecular flexibility index (Phi) is 4.97. The number of nitrogens with zero attached hydrogens (tertiary/aromatic N) is 4. The molecule has 1 amide bonds. The molecule has 0 saturated carbocycles. The Labute approximate surface area is 133 Å². The van der Waals surface area contributed by atoms with E-state index in [9.17, 15) is 4.79 Å². The van der Waals surface area contributed by atoms with Crippen molar-refractivity contribution in [3.8, 4) is 10.6 Å². The number of aryl methyl sites for hydroxylation is 1. The number of thiazole rings is 1. The summed E-state index contributed by atoms with van der Waals surface area (Å²) in [5.41, 5.74) is 1.48. The second-order valence-electron chi connectivity index (χ2n) is 4.99. The summed E-state index contributed by atoms with van der Waals surface area (Å²) in [6.07, 6.45) is 3.67. The number of piperazine rings is 1. The van der Waals surface area contributed by atoms with Crippen LogP contribution in [0.4, 0.5) is 0 Å². The number of carbonyl (C=O) groups excluding carboxylic acids is 1. The lowest BCUT2D eigenvalue weighted by Gasteiger charge is -2.33. The van der Waals surface area contributed by atoms with Gasteiger partial charge in [-0.1, -0.05) is 0 Å². The highest BCUT2D eigenvalue weighted by molar-refractivity contribution is 7.13. The molecule has 8 heteroatoms. The minimum Gasteiger partial charge on any atom is -0.332 e. The van der Waals surface area contributed by atoms with E-state index in [1.54, 1.807) is 10.9 Å². The van der Waals surface area contributed by atoms with Gasteiger partial charge in [0.1, 0.15) is 10.7 Å². The molecule has 1 fully saturated rings. The Bertz CT molecular complexity index is 626. The molecule has 114 valence electrons. The van der Waals surface area contributed by atoms with Gasteiger partial charge in [0.2, 0.25) is 0 Å². The summed E-state index contributed by atoms with van der Waals surface area (Å²) in [4.78, 5) is 18.8. The van der Waals surface area contributed by atoms with Crippen molar-refractivity contribution < 1.29 is 4.79 Å². The Hall–Kier alpha value is -1.44. The first-order valence-electron chi connectivity index (χ1n) is 6.61. The summed E-state index contributed by atoms with van der Waals surface area (Å²) in [5, 5.41) is 10.1. The van der Waals surface area contributed by atoms with E-state index in [0.29, 0.717) is 5.69 Å². The van der Waals surface area contributed by atoms with Gasteiger partial charge in [0.05, 0.1) is 6.20 Å². The number of hydrogen-bond donors (Lipinski definition) is 1. The lowest BCUT2D eigenvalue weighted by molar-refractivity contribution is 0.0650. The SMILES string of the molecule is C[C@H]1CNCCN1C(=O)c1csc(-c2cnn(C)c2)n1.Cl. The van der Waals surface area contributed by atoms with Crippen molar-refractivity contribution in [3.63, 3.8) is 0 Å². The van der Waals surface area contributed by atoms with E-state index in [4.69, 9.17) is 0 Å². The van der Waals surface area contributed by atoms with E-state index < -0.39 is 0 Å². The quantitative estimate of drug-likeness (QED) is 0.905. The minimum atomic E-state index is 0. The number of carbonyl (C=O) groups is 1. The molecule has 0 aromatic carbocycles. The smallest absolute Gasteiger partial charge is 0.273 e. The minimum absolute atomic E-state index is 0. The van der Waals surface area contributed by atoms with Crippen LogP contribution in [0.1, 0.15) is 17.4 Å². The number of hydrogen-bond acceptors (Lipinski definition) is 5. The molecule has 0 radical (unpaired) electrons. The molecule has 1 N–H and O–H groups in total. The van der Waals surface area contributed by atoms with E-state index in [2.05, 4.69) is 22.3 Å². The summed E-state index contributed by atoms with van der Waals surface area (Å²) in [6.45, 7) is 4.47. The van der Waals surface area contributed by atoms with Crippen molar-refractivity contribution in [2.45, 2.75) is 13.0 Å². The zero-order valence-corrected chi connectivity index (χ0v) is 13.6. The molecule has 2 aromatic heterocycles. The average molecular weight is 328 g/mol. The van der Waals surface area contributed by atoms with Crippen LogP contribution in [0.2, 0.25) is 0 Å². The highest BCUT2D eigenvalue weighted by atomic mass is 35.5. The van der Waals surface area contributed by atoms with Crippen molar-refractivity contribution in [3.05, 3.63) is 23.5 Å². The van der Waals surface area contributed by atoms with Crippen molar-refractivity contribution >= 4 is 29.7 Å². The van der Waals surface area contributed by atoms with Crippen LogP contribution in [0.3, 0.4) is 0 Å². The first-order chi connectivity index (χ1) is 9.65. The number of rotatable bonds is 2. The van der Waals surface area contributed by atoms with E-state index in [0.717, 1.165) is 30.2 Å². The Morgan fingerprint density at radius 2 is 2.33 bits per heavy atom. The van der Waals surface area contributed by atoms with E-state index in [1.807, 2.05) is 23.5 Å². The van der Waals surface area contributed by atoms with Crippen LogP contribution in [0.15, 0.2) is 17.8 Å². The summed E-state index contributed by atoms with van der Waals surface area (Å²) in [6, 6.07) is 0.208. The molecule has 1 aliphatic heterocycles. The molecule has 1 saturated heterocycles. The van der Waals surface area contributed by atoms with Gasteiger partial charge in [-0.3, -0.25) is 9.48 Å². The molecule has 0 unspecified atom stereocenters. The maximum Gasteiger partial charge on any atom is 0.273 e. The number of nitrogens with one attached hydrogen (secondary N) is 1. The molecule has 3 rings (SSSR count). The van der Waals surface area contributed by atoms with Crippen molar-refractivity contribution in [1.82, 2.24) is 25.0 Å². The summed E-state index contributed by atoms with van der Waals surface area (Å²) in [5.74, 6) is 0.0189. The second kappa shape index (κ2) is 6.55. The van der Waals surface area contributed by atoms with Gasteiger partial charge in [-0.15, -0.1) is 23.7 Å². The van der Waals surface area contributed by atoms with Crippen molar-refractivity contribution in [1.29, 1.82) is 0 Å². The zero-order valence-electron chi connectivity index (χ0n) is 11.9. The predicted octanol–water partition coefficient (Wildman–Crippen LogP) is 1.40. The highest BCUT2D eigenvalue weighted by Gasteiger charge is 2.25. The van der Waals surface area contributed by atoms with E-state index >= 15 is 0 Å². The maximum atomic E-state index is 12.5. The van der Waals surface area contributed by atoms with Gasteiger partial charge in [0.25, 0.3) is 5.91 Å². The standard InChI is InChI=1S/C13H17N5OS.ClH/c1-9-5-14-3-4-18(9)13(19)11-8-20-12(16-11)10-6-15-17(2)7-10;/h6-9,14H,3-5H2,1-2H3;1H/t9-;/m0./s1. The van der Waals surface area contributed by atoms with E-state index in [-0.39, 0.29) is 24.4 Å². The lowest BCUT2D eigenvalue weighted by Crippen LogP contribution is -2.52. The van der Waals surface area contributed by atoms with Crippen molar-refractivity contribution in [2.75, 3.05) is 19.6 Å². The van der Waals surface area contributed by atoms with Gasteiger partial charge in [-0.25, -0.2) is 4.98 Å². The predicted molar refractivity (Wildman–Crippen MR) is 84.9 cm³/mol. The highest BCUT2D eigenvalue weighted by Crippen LogP contribution is 2.24. The van der Waals surface area contributed by atoms with Gasteiger partial charge in [-0.2, -0.15) is 5.10 Å². The fourth-order valence-corrected chi connectivity index (χ4v) is 3.10. The zero-order chi connectivity index (χ0) is 14.1. The Balaban J connectivity index is 0.00000161. The largest absolute Gasteiger partial charge is 0.332 e. The number of halogens is 1. The van der Waals surface area contributed by atoms with Crippen LogP contribution < -0.4 is 5.32 Å². The van der Waals surface area contributed by atoms with Crippen LogP contribution in [-0.4, -0.2) is 51.2 Å². The summed E-state index contributed by atoms with van der Waals surface area (Å²) >= 11 is 1.48.